The van der Waals surface area contributed by atoms with E-state index in [1.54, 1.807) is 7.11 Å². The molecule has 0 atom stereocenters. The summed E-state index contributed by atoms with van der Waals surface area (Å²) in [4.78, 5) is 12.0. The number of rotatable bonds is 4. The molecule has 104 valence electrons. The SMILES string of the molecule is COc1c(C)cc(Cl)cc1CC(=O)NC1CCCC1. The second kappa shape index (κ2) is 6.29. The van der Waals surface area contributed by atoms with Crippen LogP contribution in [-0.2, 0) is 11.2 Å². The zero-order valence-corrected chi connectivity index (χ0v) is 12.2. The van der Waals surface area contributed by atoms with E-state index >= 15 is 0 Å². The van der Waals surface area contributed by atoms with E-state index in [1.165, 1.54) is 12.8 Å². The molecule has 0 aromatic heterocycles. The van der Waals surface area contributed by atoms with Gasteiger partial charge in [-0.1, -0.05) is 24.4 Å². The second-order valence-electron chi connectivity index (χ2n) is 5.14. The highest BCUT2D eigenvalue weighted by atomic mass is 35.5. The van der Waals surface area contributed by atoms with Gasteiger partial charge in [0.1, 0.15) is 5.75 Å². The fourth-order valence-electron chi connectivity index (χ4n) is 2.74. The summed E-state index contributed by atoms with van der Waals surface area (Å²) in [5, 5.41) is 3.72. The number of methoxy groups -OCH3 is 1. The van der Waals surface area contributed by atoms with Crippen LogP contribution in [0.4, 0.5) is 0 Å². The monoisotopic (exact) mass is 281 g/mol. The Kier molecular flexibility index (Phi) is 4.70. The third kappa shape index (κ3) is 3.63. The number of benzene rings is 1. The number of carbonyl (C=O) groups excluding carboxylic acids is 1. The lowest BCUT2D eigenvalue weighted by molar-refractivity contribution is -0.121. The average Bonchev–Trinajstić information content (AvgIpc) is 2.81. The van der Waals surface area contributed by atoms with E-state index in [1.807, 2.05) is 19.1 Å². The first-order valence-corrected chi connectivity index (χ1v) is 7.10. The molecule has 1 aliphatic carbocycles. The van der Waals surface area contributed by atoms with E-state index in [9.17, 15) is 4.79 Å². The molecule has 1 saturated carbocycles. The van der Waals surface area contributed by atoms with Gasteiger partial charge in [-0.05, 0) is 37.5 Å². The van der Waals surface area contributed by atoms with Crippen LogP contribution in [0.5, 0.6) is 5.75 Å². The van der Waals surface area contributed by atoms with Gasteiger partial charge in [0.2, 0.25) is 5.91 Å². The molecule has 1 amide bonds. The Morgan fingerprint density at radius 1 is 1.42 bits per heavy atom. The quantitative estimate of drug-likeness (QED) is 0.920. The molecule has 1 aromatic rings. The summed E-state index contributed by atoms with van der Waals surface area (Å²) in [6, 6.07) is 4.00. The molecule has 19 heavy (non-hydrogen) atoms. The minimum absolute atomic E-state index is 0.0480. The smallest absolute Gasteiger partial charge is 0.224 e. The summed E-state index contributed by atoms with van der Waals surface area (Å²) in [6.45, 7) is 1.93. The van der Waals surface area contributed by atoms with Gasteiger partial charge in [-0.2, -0.15) is 0 Å². The molecular weight excluding hydrogens is 262 g/mol. The summed E-state index contributed by atoms with van der Waals surface area (Å²) in [5.41, 5.74) is 1.81. The van der Waals surface area contributed by atoms with Crippen LogP contribution in [0.2, 0.25) is 5.02 Å². The molecule has 1 aliphatic rings. The topological polar surface area (TPSA) is 38.3 Å². The van der Waals surface area contributed by atoms with Gasteiger partial charge in [0.15, 0.2) is 0 Å². The van der Waals surface area contributed by atoms with Crippen molar-refractivity contribution in [1.29, 1.82) is 0 Å². The third-order valence-electron chi connectivity index (χ3n) is 3.59. The van der Waals surface area contributed by atoms with Crippen LogP contribution in [0.3, 0.4) is 0 Å². The van der Waals surface area contributed by atoms with Crippen molar-refractivity contribution in [3.63, 3.8) is 0 Å². The number of nitrogens with one attached hydrogen (secondary N) is 1. The highest BCUT2D eigenvalue weighted by molar-refractivity contribution is 6.30. The fraction of sp³-hybridized carbons (Fsp3) is 0.533. The van der Waals surface area contributed by atoms with Gasteiger partial charge in [0.25, 0.3) is 0 Å². The molecule has 0 radical (unpaired) electrons. The second-order valence-corrected chi connectivity index (χ2v) is 5.58. The first kappa shape index (κ1) is 14.2. The van der Waals surface area contributed by atoms with Crippen LogP contribution in [0.25, 0.3) is 0 Å². The molecule has 0 heterocycles. The third-order valence-corrected chi connectivity index (χ3v) is 3.81. The molecular formula is C15H20ClNO2. The van der Waals surface area contributed by atoms with Crippen LogP contribution in [0, 0.1) is 6.92 Å². The van der Waals surface area contributed by atoms with E-state index in [-0.39, 0.29) is 5.91 Å². The Labute approximate surface area is 119 Å². The van der Waals surface area contributed by atoms with Crippen LogP contribution >= 0.6 is 11.6 Å². The highest BCUT2D eigenvalue weighted by Gasteiger charge is 2.18. The normalized spacial score (nSPS) is 15.5. The van der Waals surface area contributed by atoms with Gasteiger partial charge in [-0.25, -0.2) is 0 Å². The molecule has 4 heteroatoms. The van der Waals surface area contributed by atoms with Gasteiger partial charge in [0, 0.05) is 16.6 Å². The molecule has 3 nitrogen and oxygen atoms in total. The Morgan fingerprint density at radius 2 is 2.11 bits per heavy atom. The maximum atomic E-state index is 12.0. The Morgan fingerprint density at radius 3 is 2.74 bits per heavy atom. The van der Waals surface area contributed by atoms with Crippen molar-refractivity contribution >= 4 is 17.5 Å². The van der Waals surface area contributed by atoms with E-state index in [4.69, 9.17) is 16.3 Å². The highest BCUT2D eigenvalue weighted by Crippen LogP contribution is 2.28. The van der Waals surface area contributed by atoms with Crippen molar-refractivity contribution in [3.05, 3.63) is 28.3 Å². The lowest BCUT2D eigenvalue weighted by Gasteiger charge is -2.15. The summed E-state index contributed by atoms with van der Waals surface area (Å²) >= 11 is 6.05. The van der Waals surface area contributed by atoms with Gasteiger partial charge in [0.05, 0.1) is 13.5 Å². The molecule has 2 rings (SSSR count). The number of amides is 1. The zero-order chi connectivity index (χ0) is 13.8. The van der Waals surface area contributed by atoms with Crippen LogP contribution in [0.15, 0.2) is 12.1 Å². The molecule has 0 bridgehead atoms. The van der Waals surface area contributed by atoms with E-state index in [2.05, 4.69) is 5.32 Å². The minimum Gasteiger partial charge on any atom is -0.496 e. The number of ether oxygens (including phenoxy) is 1. The van der Waals surface area contributed by atoms with Gasteiger partial charge in [-0.15, -0.1) is 0 Å². The molecule has 0 aliphatic heterocycles. The first-order chi connectivity index (χ1) is 9.10. The fourth-order valence-corrected chi connectivity index (χ4v) is 3.04. The number of hydrogen-bond acceptors (Lipinski definition) is 2. The van der Waals surface area contributed by atoms with Crippen molar-refractivity contribution in [2.24, 2.45) is 0 Å². The minimum atomic E-state index is 0.0480. The van der Waals surface area contributed by atoms with E-state index in [0.717, 1.165) is 29.7 Å². The zero-order valence-electron chi connectivity index (χ0n) is 11.5. The summed E-state index contributed by atoms with van der Waals surface area (Å²) in [5.74, 6) is 0.804. The largest absolute Gasteiger partial charge is 0.496 e. The molecule has 0 spiro atoms. The van der Waals surface area contributed by atoms with Crippen molar-refractivity contribution < 1.29 is 9.53 Å². The lowest BCUT2D eigenvalue weighted by Crippen LogP contribution is -2.33. The predicted octanol–water partition coefficient (Wildman–Crippen LogP) is 3.26. The molecule has 1 aromatic carbocycles. The maximum absolute atomic E-state index is 12.0. The lowest BCUT2D eigenvalue weighted by atomic mass is 10.1. The van der Waals surface area contributed by atoms with Crippen LogP contribution < -0.4 is 10.1 Å². The molecule has 1 fully saturated rings. The number of aryl methyl sites for hydroxylation is 1. The Bertz CT molecular complexity index is 467. The van der Waals surface area contributed by atoms with Gasteiger partial charge < -0.3 is 10.1 Å². The number of hydrogen-bond donors (Lipinski definition) is 1. The van der Waals surface area contributed by atoms with E-state index in [0.29, 0.717) is 17.5 Å². The van der Waals surface area contributed by atoms with E-state index < -0.39 is 0 Å². The maximum Gasteiger partial charge on any atom is 0.224 e. The first-order valence-electron chi connectivity index (χ1n) is 6.72. The Balaban J connectivity index is 2.07. The standard InChI is InChI=1S/C15H20ClNO2/c1-10-7-12(16)8-11(15(10)19-2)9-14(18)17-13-5-3-4-6-13/h7-8,13H,3-6,9H2,1-2H3,(H,17,18). The predicted molar refractivity (Wildman–Crippen MR) is 76.8 cm³/mol. The summed E-state index contributed by atoms with van der Waals surface area (Å²) in [7, 11) is 1.62. The average molecular weight is 282 g/mol. The van der Waals surface area contributed by atoms with Crippen molar-refractivity contribution in [2.75, 3.05) is 7.11 Å². The van der Waals surface area contributed by atoms with Crippen molar-refractivity contribution in [1.82, 2.24) is 5.32 Å². The van der Waals surface area contributed by atoms with Crippen LogP contribution in [0.1, 0.15) is 36.8 Å². The van der Waals surface area contributed by atoms with Crippen molar-refractivity contribution in [2.45, 2.75) is 45.1 Å². The Hall–Kier alpha value is -1.22. The molecule has 0 unspecified atom stereocenters. The molecule has 0 saturated heterocycles. The van der Waals surface area contributed by atoms with Gasteiger partial charge >= 0.3 is 0 Å². The summed E-state index contributed by atoms with van der Waals surface area (Å²) in [6.07, 6.45) is 4.94. The van der Waals surface area contributed by atoms with Crippen LogP contribution in [-0.4, -0.2) is 19.1 Å². The number of carbonyl (C=O) groups is 1. The number of halogens is 1. The van der Waals surface area contributed by atoms with Crippen molar-refractivity contribution in [3.8, 4) is 5.75 Å². The summed E-state index contributed by atoms with van der Waals surface area (Å²) < 4.78 is 5.36. The van der Waals surface area contributed by atoms with Gasteiger partial charge in [-0.3, -0.25) is 4.79 Å². The molecule has 1 N–H and O–H groups in total.